The molecule has 7 N–H and O–H groups in total. The number of phosphoric ester groups is 1. The average Bonchev–Trinajstić information content (AvgIpc) is 3.41. The maximum absolute atomic E-state index is 10.3. The number of aromatic nitrogens is 4. The van der Waals surface area contributed by atoms with Crippen LogP contribution in [0.4, 0.5) is 5.82 Å². The molecule has 0 radical (unpaired) electrons. The van der Waals surface area contributed by atoms with Crippen molar-refractivity contribution in [3.8, 4) is 11.5 Å². The second-order valence-corrected chi connectivity index (χ2v) is 8.47. The zero-order valence-electron chi connectivity index (χ0n) is 18.7. The van der Waals surface area contributed by atoms with Gasteiger partial charge < -0.3 is 49.6 Å². The first-order valence-corrected chi connectivity index (χ1v) is 11.6. The number of H-pyrrole nitrogens is 1. The highest BCUT2D eigenvalue weighted by molar-refractivity contribution is 7.46. The lowest BCUT2D eigenvalue weighted by atomic mass is 10.1. The molecule has 1 unspecified atom stereocenters. The fourth-order valence-corrected chi connectivity index (χ4v) is 3.43. The summed E-state index contributed by atoms with van der Waals surface area (Å²) in [6.07, 6.45) is -2.59. The molecule has 1 fully saturated rings. The number of benzene rings is 1. The van der Waals surface area contributed by atoms with Gasteiger partial charge in [-0.05, 0) is 17.7 Å². The van der Waals surface area contributed by atoms with Crippen LogP contribution in [0, 0.1) is 0 Å². The number of rotatable bonds is 8. The van der Waals surface area contributed by atoms with Crippen molar-refractivity contribution in [1.29, 1.82) is 0 Å². The number of aromatic amines is 1. The van der Waals surface area contributed by atoms with Crippen LogP contribution in [0.2, 0.25) is 0 Å². The summed E-state index contributed by atoms with van der Waals surface area (Å²) >= 11 is 0. The van der Waals surface area contributed by atoms with Crippen LogP contribution < -0.4 is 14.8 Å². The van der Waals surface area contributed by atoms with Gasteiger partial charge in [0.2, 0.25) is 0 Å². The molecule has 0 saturated carbocycles. The van der Waals surface area contributed by atoms with E-state index in [-0.39, 0.29) is 0 Å². The number of methoxy groups -OCH3 is 2. The molecule has 4 atom stereocenters. The Morgan fingerprint density at radius 2 is 1.74 bits per heavy atom. The summed E-state index contributed by atoms with van der Waals surface area (Å²) in [6.45, 7) is -0.0295. The number of hydrogen-bond donors (Lipinski definition) is 7. The minimum atomic E-state index is -4.64. The van der Waals surface area contributed by atoms with Gasteiger partial charge in [0, 0.05) is 12.6 Å². The summed E-state index contributed by atoms with van der Waals surface area (Å²) in [6, 6.07) is 5.73. The number of phosphoric acid groups is 1. The van der Waals surface area contributed by atoms with E-state index in [1.807, 2.05) is 18.2 Å². The predicted octanol–water partition coefficient (Wildman–Crippen LogP) is -0.483. The third-order valence-corrected chi connectivity index (χ3v) is 5.32. The van der Waals surface area contributed by atoms with Gasteiger partial charge in [-0.2, -0.15) is 0 Å². The number of nitrogens with one attached hydrogen (secondary N) is 2. The molecule has 4 rings (SSSR count). The van der Waals surface area contributed by atoms with Gasteiger partial charge in [-0.1, -0.05) is 0 Å². The van der Waals surface area contributed by atoms with E-state index in [0.717, 1.165) is 22.6 Å². The van der Waals surface area contributed by atoms with E-state index < -0.39 is 39.0 Å². The Morgan fingerprint density at radius 3 is 2.31 bits per heavy atom. The molecular formula is C19H26N5O10P. The maximum atomic E-state index is 10.3. The summed E-state index contributed by atoms with van der Waals surface area (Å²) in [4.78, 5) is 32.1. The standard InChI is InChI=1S/C14H15N5O2.C5H11O8P/c1-20-10-3-9(4-11(5-10)21-2)6-15-13-12-14(17-7-16-12)19-8-18-13;6-3-2(1-12-14(9,10)11)13-5(8)4(3)7/h3-5,7-8H,6H2,1-2H3,(H2,15,16,17,18,19);2-8H,1H2,(H2,9,10,11)/t;2-,3-,4-,5?/m.1/s1. The van der Waals surface area contributed by atoms with E-state index in [2.05, 4.69) is 34.5 Å². The molecule has 0 amide bonds. The number of ether oxygens (including phenoxy) is 3. The molecule has 192 valence electrons. The molecule has 2 aromatic heterocycles. The van der Waals surface area contributed by atoms with Crippen molar-refractivity contribution in [2.75, 3.05) is 26.1 Å². The van der Waals surface area contributed by atoms with Gasteiger partial charge in [0.25, 0.3) is 0 Å². The third-order valence-electron chi connectivity index (χ3n) is 4.84. The monoisotopic (exact) mass is 515 g/mol. The van der Waals surface area contributed by atoms with E-state index in [1.165, 1.54) is 6.33 Å². The van der Waals surface area contributed by atoms with Crippen molar-refractivity contribution in [3.05, 3.63) is 36.4 Å². The fourth-order valence-electron chi connectivity index (χ4n) is 3.09. The van der Waals surface area contributed by atoms with Gasteiger partial charge in [-0.15, -0.1) is 0 Å². The highest BCUT2D eigenvalue weighted by Crippen LogP contribution is 2.37. The number of anilines is 1. The number of nitrogens with zero attached hydrogens (tertiary/aromatic N) is 3. The van der Waals surface area contributed by atoms with Crippen LogP contribution in [0.3, 0.4) is 0 Å². The van der Waals surface area contributed by atoms with Crippen molar-refractivity contribution in [2.24, 2.45) is 0 Å². The Labute approximate surface area is 198 Å². The molecular weight excluding hydrogens is 489 g/mol. The Hall–Kier alpha value is -2.88. The topological polar surface area (TPSA) is 222 Å². The first kappa shape index (κ1) is 26.7. The number of aliphatic hydroxyl groups is 3. The summed E-state index contributed by atoms with van der Waals surface area (Å²) in [5.41, 5.74) is 2.44. The largest absolute Gasteiger partial charge is 0.497 e. The van der Waals surface area contributed by atoms with Gasteiger partial charge in [0.05, 0.1) is 27.2 Å². The van der Waals surface area contributed by atoms with Crippen LogP contribution in [0.15, 0.2) is 30.9 Å². The molecule has 1 saturated heterocycles. The summed E-state index contributed by atoms with van der Waals surface area (Å²) in [5.74, 6) is 2.21. The van der Waals surface area contributed by atoms with Crippen LogP contribution in [0.5, 0.6) is 11.5 Å². The molecule has 1 aromatic carbocycles. The van der Waals surface area contributed by atoms with E-state index in [0.29, 0.717) is 18.0 Å². The number of hydrogen-bond acceptors (Lipinski definition) is 12. The zero-order chi connectivity index (χ0) is 25.6. The van der Waals surface area contributed by atoms with Crippen LogP contribution in [0.25, 0.3) is 11.2 Å². The summed E-state index contributed by atoms with van der Waals surface area (Å²) in [7, 11) is -1.38. The molecule has 16 heteroatoms. The Morgan fingerprint density at radius 1 is 1.06 bits per heavy atom. The molecule has 35 heavy (non-hydrogen) atoms. The highest BCUT2D eigenvalue weighted by Gasteiger charge is 2.42. The van der Waals surface area contributed by atoms with Gasteiger partial charge in [-0.3, -0.25) is 4.52 Å². The van der Waals surface area contributed by atoms with Crippen LogP contribution in [-0.2, 0) is 20.4 Å². The van der Waals surface area contributed by atoms with E-state index in [1.54, 1.807) is 20.5 Å². The van der Waals surface area contributed by atoms with Crippen molar-refractivity contribution >= 4 is 24.8 Å². The highest BCUT2D eigenvalue weighted by atomic mass is 31.2. The smallest absolute Gasteiger partial charge is 0.469 e. The summed E-state index contributed by atoms with van der Waals surface area (Å²) < 4.78 is 29.4. The molecule has 15 nitrogen and oxygen atoms in total. The third kappa shape index (κ3) is 7.30. The Balaban J connectivity index is 0.000000214. The quantitative estimate of drug-likeness (QED) is 0.188. The van der Waals surface area contributed by atoms with Crippen molar-refractivity contribution in [1.82, 2.24) is 19.9 Å². The van der Waals surface area contributed by atoms with Gasteiger partial charge in [-0.25, -0.2) is 19.5 Å². The maximum Gasteiger partial charge on any atom is 0.469 e. The van der Waals surface area contributed by atoms with E-state index in [9.17, 15) is 4.57 Å². The number of aliphatic hydroxyl groups excluding tert-OH is 3. The first-order valence-electron chi connectivity index (χ1n) is 10.1. The minimum absolute atomic E-state index is 0.582. The van der Waals surface area contributed by atoms with Crippen LogP contribution >= 0.6 is 7.82 Å². The minimum Gasteiger partial charge on any atom is -0.497 e. The fraction of sp³-hybridized carbons (Fsp3) is 0.421. The molecule has 3 heterocycles. The molecule has 3 aromatic rings. The molecule has 0 spiro atoms. The van der Waals surface area contributed by atoms with Gasteiger partial charge in [0.1, 0.15) is 41.7 Å². The second kappa shape index (κ2) is 11.7. The lowest BCUT2D eigenvalue weighted by Gasteiger charge is -2.14. The Bertz CT molecular complexity index is 1140. The Kier molecular flexibility index (Phi) is 8.93. The summed E-state index contributed by atoms with van der Waals surface area (Å²) in [5, 5.41) is 30.3. The molecule has 0 bridgehead atoms. The zero-order valence-corrected chi connectivity index (χ0v) is 19.6. The van der Waals surface area contributed by atoms with Crippen molar-refractivity contribution in [3.63, 3.8) is 0 Å². The lowest BCUT2D eigenvalue weighted by Crippen LogP contribution is -2.34. The predicted molar refractivity (Wildman–Crippen MR) is 119 cm³/mol. The van der Waals surface area contributed by atoms with Crippen LogP contribution in [-0.4, -0.2) is 90.5 Å². The molecule has 0 aliphatic carbocycles. The van der Waals surface area contributed by atoms with E-state index >= 15 is 0 Å². The van der Waals surface area contributed by atoms with Gasteiger partial charge >= 0.3 is 7.82 Å². The second-order valence-electron chi connectivity index (χ2n) is 7.23. The van der Waals surface area contributed by atoms with Crippen molar-refractivity contribution in [2.45, 2.75) is 31.1 Å². The van der Waals surface area contributed by atoms with Gasteiger partial charge in [0.15, 0.2) is 17.8 Å². The van der Waals surface area contributed by atoms with Crippen LogP contribution in [0.1, 0.15) is 5.56 Å². The first-order chi connectivity index (χ1) is 16.6. The number of fused-ring (bicyclic) bond motifs is 1. The van der Waals surface area contributed by atoms with E-state index in [4.69, 9.17) is 34.6 Å². The molecule has 1 aliphatic heterocycles. The lowest BCUT2D eigenvalue weighted by molar-refractivity contribution is -0.132. The average molecular weight is 515 g/mol. The SMILES string of the molecule is COc1cc(CNc2ncnc3nc[nH]c23)cc(OC)c1.O=P(O)(O)OC[C@H]1OC(O)[C@H](O)[C@@H]1O. The normalized spacial score (nSPS) is 21.9. The van der Waals surface area contributed by atoms with Crippen molar-refractivity contribution < 1.29 is 48.4 Å². The molecule has 1 aliphatic rings. The number of imidazole rings is 1.